The maximum atomic E-state index is 13.0. The number of benzene rings is 2. The molecule has 0 fully saturated rings. The van der Waals surface area contributed by atoms with Crippen LogP contribution in [0.3, 0.4) is 0 Å². The summed E-state index contributed by atoms with van der Waals surface area (Å²) in [6.07, 6.45) is 0. The molecule has 2 aromatic carbocycles. The van der Waals surface area contributed by atoms with Crippen molar-refractivity contribution in [2.24, 2.45) is 0 Å². The summed E-state index contributed by atoms with van der Waals surface area (Å²) in [5, 5.41) is 10.1. The van der Waals surface area contributed by atoms with Crippen LogP contribution in [0.15, 0.2) is 53.7 Å². The predicted molar refractivity (Wildman–Crippen MR) is 107 cm³/mol. The lowest BCUT2D eigenvalue weighted by Crippen LogP contribution is -2.45. The van der Waals surface area contributed by atoms with Crippen molar-refractivity contribution in [3.05, 3.63) is 64.3 Å². The lowest BCUT2D eigenvalue weighted by molar-refractivity contribution is -0.113. The molecule has 6 nitrogen and oxygen atoms in total. The van der Waals surface area contributed by atoms with E-state index >= 15 is 0 Å². The summed E-state index contributed by atoms with van der Waals surface area (Å²) in [4.78, 5) is 13.0. The van der Waals surface area contributed by atoms with Crippen LogP contribution in [-0.4, -0.2) is 17.8 Å². The zero-order valence-electron chi connectivity index (χ0n) is 14.3. The largest absolute Gasteiger partial charge is 0.454 e. The zero-order valence-corrected chi connectivity index (χ0v) is 15.9. The van der Waals surface area contributed by atoms with Crippen molar-refractivity contribution < 1.29 is 14.3 Å². The van der Waals surface area contributed by atoms with Gasteiger partial charge in [-0.25, -0.2) is 0 Å². The maximum Gasteiger partial charge on any atom is 0.255 e. The Morgan fingerprint density at radius 3 is 2.85 bits per heavy atom. The third-order valence-electron chi connectivity index (χ3n) is 4.33. The van der Waals surface area contributed by atoms with Crippen molar-refractivity contribution in [3.8, 4) is 11.5 Å². The van der Waals surface area contributed by atoms with Gasteiger partial charge in [0.25, 0.3) is 5.91 Å². The zero-order chi connectivity index (χ0) is 19.0. The molecule has 0 spiro atoms. The minimum Gasteiger partial charge on any atom is -0.454 e. The summed E-state index contributed by atoms with van der Waals surface area (Å²) in [6.45, 7) is 2.01. The second kappa shape index (κ2) is 7.09. The molecular weight excluding hydrogens is 386 g/mol. The second-order valence-corrected chi connectivity index (χ2v) is 6.99. The van der Waals surface area contributed by atoms with E-state index in [0.29, 0.717) is 38.6 Å². The van der Waals surface area contributed by atoms with Crippen LogP contribution < -0.4 is 25.4 Å². The van der Waals surface area contributed by atoms with Crippen molar-refractivity contribution in [1.82, 2.24) is 10.6 Å². The number of ether oxygens (including phenoxy) is 2. The molecule has 0 aliphatic carbocycles. The van der Waals surface area contributed by atoms with Gasteiger partial charge in [0.15, 0.2) is 16.6 Å². The van der Waals surface area contributed by atoms with Crippen molar-refractivity contribution in [2.75, 3.05) is 12.1 Å². The maximum absolute atomic E-state index is 13.0. The number of carbonyl (C=O) groups excluding carboxylic acids is 1. The van der Waals surface area contributed by atoms with Crippen LogP contribution in [-0.2, 0) is 4.79 Å². The first-order chi connectivity index (χ1) is 13.0. The molecule has 4 rings (SSSR count). The normalized spacial score (nSPS) is 18.0. The fourth-order valence-corrected chi connectivity index (χ4v) is 3.56. The van der Waals surface area contributed by atoms with Gasteiger partial charge in [0, 0.05) is 16.4 Å². The Balaban J connectivity index is 1.68. The van der Waals surface area contributed by atoms with Crippen molar-refractivity contribution >= 4 is 40.5 Å². The summed E-state index contributed by atoms with van der Waals surface area (Å²) in [5.41, 5.74) is 2.67. The van der Waals surface area contributed by atoms with E-state index in [1.807, 2.05) is 25.1 Å². The van der Waals surface area contributed by atoms with Gasteiger partial charge in [-0.15, -0.1) is 0 Å². The van der Waals surface area contributed by atoms with Crippen LogP contribution in [0.25, 0.3) is 0 Å². The van der Waals surface area contributed by atoms with Gasteiger partial charge in [0.2, 0.25) is 6.79 Å². The Morgan fingerprint density at radius 2 is 2.04 bits per heavy atom. The first-order valence-corrected chi connectivity index (χ1v) is 9.04. The van der Waals surface area contributed by atoms with Crippen LogP contribution >= 0.6 is 23.8 Å². The van der Waals surface area contributed by atoms with Crippen LogP contribution in [0.1, 0.15) is 18.5 Å². The molecule has 0 saturated carbocycles. The number of hydrogen-bond donors (Lipinski definition) is 3. The Morgan fingerprint density at radius 1 is 1.22 bits per heavy atom. The van der Waals surface area contributed by atoms with Gasteiger partial charge in [-0.05, 0) is 55.0 Å². The number of amides is 1. The molecule has 27 heavy (non-hydrogen) atoms. The quantitative estimate of drug-likeness (QED) is 0.684. The molecule has 0 radical (unpaired) electrons. The highest BCUT2D eigenvalue weighted by atomic mass is 35.5. The lowest BCUT2D eigenvalue weighted by Gasteiger charge is -2.30. The van der Waals surface area contributed by atoms with Crippen molar-refractivity contribution in [3.63, 3.8) is 0 Å². The summed E-state index contributed by atoms with van der Waals surface area (Å²) in [7, 11) is 0. The fraction of sp³-hybridized carbons (Fsp3) is 0.158. The topological polar surface area (TPSA) is 71.6 Å². The van der Waals surface area contributed by atoms with Crippen molar-refractivity contribution in [2.45, 2.75) is 13.0 Å². The number of thiocarbonyl (C=S) groups is 1. The lowest BCUT2D eigenvalue weighted by atomic mass is 9.94. The van der Waals surface area contributed by atoms with Gasteiger partial charge in [-0.1, -0.05) is 23.7 Å². The first-order valence-electron chi connectivity index (χ1n) is 8.26. The molecule has 3 N–H and O–H groups in total. The second-order valence-electron chi connectivity index (χ2n) is 6.15. The number of carbonyl (C=O) groups is 1. The average molecular weight is 402 g/mol. The molecule has 0 unspecified atom stereocenters. The molecule has 8 heteroatoms. The van der Waals surface area contributed by atoms with Gasteiger partial charge >= 0.3 is 0 Å². The number of hydrogen-bond acceptors (Lipinski definition) is 4. The molecule has 2 heterocycles. The summed E-state index contributed by atoms with van der Waals surface area (Å²) < 4.78 is 10.8. The minimum atomic E-state index is -0.424. The Bertz CT molecular complexity index is 976. The van der Waals surface area contributed by atoms with Gasteiger partial charge in [0.05, 0.1) is 11.6 Å². The van der Waals surface area contributed by atoms with Gasteiger partial charge < -0.3 is 25.4 Å². The number of fused-ring (bicyclic) bond motifs is 1. The highest BCUT2D eigenvalue weighted by Crippen LogP contribution is 2.37. The molecule has 138 valence electrons. The fourth-order valence-electron chi connectivity index (χ4n) is 3.10. The predicted octanol–water partition coefficient (Wildman–Crippen LogP) is 3.50. The molecule has 1 amide bonds. The Kier molecular flexibility index (Phi) is 4.63. The van der Waals surface area contributed by atoms with Gasteiger partial charge in [0.1, 0.15) is 0 Å². The summed E-state index contributed by atoms with van der Waals surface area (Å²) in [5.74, 6) is 1.08. The SMILES string of the molecule is CC1=C(C(=O)Nc2cccc(Cl)c2)[C@H](c2ccc3c(c2)OCO3)NC(=S)N1. The molecule has 0 aromatic heterocycles. The van der Waals surface area contributed by atoms with Crippen LogP contribution in [0.4, 0.5) is 5.69 Å². The third kappa shape index (κ3) is 3.56. The summed E-state index contributed by atoms with van der Waals surface area (Å²) >= 11 is 11.3. The molecule has 2 aliphatic heterocycles. The van der Waals surface area contributed by atoms with Gasteiger partial charge in [-0.3, -0.25) is 4.79 Å². The molecule has 1 atom stereocenters. The minimum absolute atomic E-state index is 0.188. The van der Waals surface area contributed by atoms with E-state index in [-0.39, 0.29) is 12.7 Å². The Labute approximate surface area is 166 Å². The van der Waals surface area contributed by atoms with E-state index in [2.05, 4.69) is 16.0 Å². The van der Waals surface area contributed by atoms with Crippen LogP contribution in [0, 0.1) is 0 Å². The standard InChI is InChI=1S/C19H16ClN3O3S/c1-10-16(18(24)22-13-4-2-3-12(20)8-13)17(23-19(27)21-10)11-5-6-14-15(7-11)26-9-25-14/h2-8,17H,9H2,1H3,(H,22,24)(H2,21,23,27)/t17-/m0/s1. The summed E-state index contributed by atoms with van der Waals surface area (Å²) in [6, 6.07) is 12.1. The van der Waals surface area contributed by atoms with Crippen molar-refractivity contribution in [1.29, 1.82) is 0 Å². The number of rotatable bonds is 3. The van der Waals surface area contributed by atoms with E-state index < -0.39 is 6.04 Å². The molecule has 0 bridgehead atoms. The van der Waals surface area contributed by atoms with E-state index in [1.165, 1.54) is 0 Å². The third-order valence-corrected chi connectivity index (χ3v) is 4.78. The van der Waals surface area contributed by atoms with E-state index in [0.717, 1.165) is 5.56 Å². The first kappa shape index (κ1) is 17.6. The van der Waals surface area contributed by atoms with E-state index in [9.17, 15) is 4.79 Å². The van der Waals surface area contributed by atoms with Crippen LogP contribution in [0.2, 0.25) is 5.02 Å². The van der Waals surface area contributed by atoms with Gasteiger partial charge in [-0.2, -0.15) is 0 Å². The molecule has 2 aliphatic rings. The monoisotopic (exact) mass is 401 g/mol. The highest BCUT2D eigenvalue weighted by Gasteiger charge is 2.31. The molecular formula is C19H16ClN3O3S. The van der Waals surface area contributed by atoms with Crippen LogP contribution in [0.5, 0.6) is 11.5 Å². The number of nitrogens with one attached hydrogen (secondary N) is 3. The molecule has 2 aromatic rings. The molecule has 0 saturated heterocycles. The smallest absolute Gasteiger partial charge is 0.255 e. The van der Waals surface area contributed by atoms with E-state index in [4.69, 9.17) is 33.3 Å². The highest BCUT2D eigenvalue weighted by molar-refractivity contribution is 7.80. The Hall–Kier alpha value is -2.77. The number of allylic oxidation sites excluding steroid dienone is 1. The van der Waals surface area contributed by atoms with E-state index in [1.54, 1.807) is 24.3 Å². The number of anilines is 1. The number of halogens is 1. The average Bonchev–Trinajstić information content (AvgIpc) is 3.08.